The van der Waals surface area contributed by atoms with Gasteiger partial charge in [0, 0.05) is 13.1 Å². The minimum absolute atomic E-state index is 0.266. The van der Waals surface area contributed by atoms with Gasteiger partial charge in [0.15, 0.2) is 0 Å². The minimum atomic E-state index is -0.266. The van der Waals surface area contributed by atoms with Crippen LogP contribution in [-0.2, 0) is 4.74 Å². The zero-order valence-corrected chi connectivity index (χ0v) is 13.7. The maximum atomic E-state index is 12.4. The fourth-order valence-electron chi connectivity index (χ4n) is 2.82. The van der Waals surface area contributed by atoms with Crippen molar-refractivity contribution in [3.05, 3.63) is 70.0 Å². The molecule has 0 N–H and O–H groups in total. The molecule has 2 aromatic carbocycles. The second-order valence-corrected chi connectivity index (χ2v) is 5.90. The van der Waals surface area contributed by atoms with E-state index in [0.717, 1.165) is 11.1 Å². The molecular weight excluding hydrogens is 316 g/mol. The molecule has 25 heavy (non-hydrogen) atoms. The Hall–Kier alpha value is -2.92. The second-order valence-electron chi connectivity index (χ2n) is 5.90. The van der Waals surface area contributed by atoms with Gasteiger partial charge in [-0.15, -0.1) is 0 Å². The van der Waals surface area contributed by atoms with Gasteiger partial charge in [-0.1, -0.05) is 48.6 Å². The Kier molecular flexibility index (Phi) is 4.31. The smallest absolute Gasteiger partial charge is 0.301 e. The molecule has 1 aliphatic rings. The molecule has 0 radical (unpaired) electrons. The molecule has 1 fully saturated rings. The molecule has 0 unspecified atom stereocenters. The highest BCUT2D eigenvalue weighted by Crippen LogP contribution is 2.20. The van der Waals surface area contributed by atoms with Gasteiger partial charge < -0.3 is 14.1 Å². The number of nitrogens with zero attached hydrogens (tertiary/aromatic N) is 2. The van der Waals surface area contributed by atoms with E-state index in [0.29, 0.717) is 43.3 Å². The number of ether oxygens (including phenoxy) is 1. The lowest BCUT2D eigenvalue weighted by Gasteiger charge is -2.25. The van der Waals surface area contributed by atoms with Crippen molar-refractivity contribution >= 4 is 29.1 Å². The van der Waals surface area contributed by atoms with Crippen LogP contribution in [0, 0.1) is 0 Å². The van der Waals surface area contributed by atoms with Crippen molar-refractivity contribution in [1.82, 2.24) is 4.98 Å². The molecule has 1 aromatic heterocycles. The molecule has 0 saturated carbocycles. The molecule has 5 nitrogen and oxygen atoms in total. The van der Waals surface area contributed by atoms with Gasteiger partial charge in [0.2, 0.25) is 0 Å². The van der Waals surface area contributed by atoms with Crippen molar-refractivity contribution in [1.29, 1.82) is 0 Å². The van der Waals surface area contributed by atoms with E-state index in [-0.39, 0.29) is 5.56 Å². The Morgan fingerprint density at radius 3 is 2.52 bits per heavy atom. The number of aromatic nitrogens is 1. The minimum Gasteiger partial charge on any atom is -0.425 e. The molecule has 2 heterocycles. The summed E-state index contributed by atoms with van der Waals surface area (Å²) < 4.78 is 11.2. The average Bonchev–Trinajstić information content (AvgIpc) is 2.68. The summed E-state index contributed by atoms with van der Waals surface area (Å²) in [5, 5.41) is 0.493. The van der Waals surface area contributed by atoms with Gasteiger partial charge in [-0.25, -0.2) is 0 Å². The first-order chi connectivity index (χ1) is 12.3. The third-order valence-electron chi connectivity index (χ3n) is 4.18. The molecule has 126 valence electrons. The van der Waals surface area contributed by atoms with E-state index in [1.54, 1.807) is 0 Å². The van der Waals surface area contributed by atoms with Crippen LogP contribution in [-0.4, -0.2) is 31.3 Å². The molecule has 0 aliphatic carbocycles. The molecule has 3 aromatic rings. The monoisotopic (exact) mass is 334 g/mol. The summed E-state index contributed by atoms with van der Waals surface area (Å²) in [7, 11) is 0. The summed E-state index contributed by atoms with van der Waals surface area (Å²) in [5.41, 5.74) is 2.33. The number of hydrogen-bond donors (Lipinski definition) is 0. The summed E-state index contributed by atoms with van der Waals surface area (Å²) in [4.78, 5) is 18.5. The number of hydrogen-bond acceptors (Lipinski definition) is 5. The van der Waals surface area contributed by atoms with Crippen LogP contribution in [0.5, 0.6) is 0 Å². The number of fused-ring (bicyclic) bond motifs is 1. The Morgan fingerprint density at radius 1 is 0.960 bits per heavy atom. The predicted molar refractivity (Wildman–Crippen MR) is 98.7 cm³/mol. The van der Waals surface area contributed by atoms with Crippen molar-refractivity contribution in [3.8, 4) is 0 Å². The van der Waals surface area contributed by atoms with Gasteiger partial charge in [-0.3, -0.25) is 4.79 Å². The molecule has 0 amide bonds. The maximum Gasteiger partial charge on any atom is 0.301 e. The van der Waals surface area contributed by atoms with Gasteiger partial charge in [-0.05, 0) is 23.3 Å². The number of anilines is 1. The summed E-state index contributed by atoms with van der Waals surface area (Å²) in [6.45, 7) is 2.60. The zero-order valence-electron chi connectivity index (χ0n) is 13.7. The molecule has 4 rings (SSSR count). The molecule has 0 spiro atoms. The Balaban J connectivity index is 1.66. The van der Waals surface area contributed by atoms with Crippen LogP contribution in [0.15, 0.2) is 57.7 Å². The SMILES string of the molecule is O=c1nc(N2CCOCC2)oc2ccc(/C=C/c3ccccc3)cc12. The van der Waals surface area contributed by atoms with Gasteiger partial charge in [0.25, 0.3) is 5.56 Å². The highest BCUT2D eigenvalue weighted by Gasteiger charge is 2.16. The van der Waals surface area contributed by atoms with Crippen LogP contribution in [0.1, 0.15) is 11.1 Å². The van der Waals surface area contributed by atoms with Gasteiger partial charge in [0.1, 0.15) is 5.58 Å². The molecule has 0 bridgehead atoms. The summed E-state index contributed by atoms with van der Waals surface area (Å²) >= 11 is 0. The molecule has 1 aliphatic heterocycles. The first-order valence-electron chi connectivity index (χ1n) is 8.30. The average molecular weight is 334 g/mol. The third-order valence-corrected chi connectivity index (χ3v) is 4.18. The van der Waals surface area contributed by atoms with Crippen molar-refractivity contribution < 1.29 is 9.15 Å². The van der Waals surface area contributed by atoms with Crippen LogP contribution in [0.2, 0.25) is 0 Å². The number of rotatable bonds is 3. The van der Waals surface area contributed by atoms with Crippen molar-refractivity contribution in [3.63, 3.8) is 0 Å². The quantitative estimate of drug-likeness (QED) is 0.689. The van der Waals surface area contributed by atoms with E-state index >= 15 is 0 Å². The van der Waals surface area contributed by atoms with E-state index < -0.39 is 0 Å². The van der Waals surface area contributed by atoms with Crippen molar-refractivity contribution in [2.45, 2.75) is 0 Å². The van der Waals surface area contributed by atoms with Crippen molar-refractivity contribution in [2.24, 2.45) is 0 Å². The largest absolute Gasteiger partial charge is 0.425 e. The van der Waals surface area contributed by atoms with Gasteiger partial charge in [-0.2, -0.15) is 4.98 Å². The topological polar surface area (TPSA) is 55.6 Å². The third kappa shape index (κ3) is 3.46. The van der Waals surface area contributed by atoms with E-state index in [9.17, 15) is 4.79 Å². The fourth-order valence-corrected chi connectivity index (χ4v) is 2.82. The lowest BCUT2D eigenvalue weighted by atomic mass is 10.1. The normalized spacial score (nSPS) is 15.1. The maximum absolute atomic E-state index is 12.4. The molecule has 1 saturated heterocycles. The van der Waals surface area contributed by atoms with Crippen LogP contribution >= 0.6 is 0 Å². The summed E-state index contributed by atoms with van der Waals surface area (Å²) in [6.07, 6.45) is 3.99. The van der Waals surface area contributed by atoms with Crippen molar-refractivity contribution in [2.75, 3.05) is 31.2 Å². The summed E-state index contributed by atoms with van der Waals surface area (Å²) in [6, 6.07) is 16.0. The Morgan fingerprint density at radius 2 is 1.72 bits per heavy atom. The number of benzene rings is 2. The first-order valence-corrected chi connectivity index (χ1v) is 8.30. The highest BCUT2D eigenvalue weighted by molar-refractivity contribution is 5.81. The van der Waals surface area contributed by atoms with Crippen LogP contribution in [0.25, 0.3) is 23.1 Å². The highest BCUT2D eigenvalue weighted by atomic mass is 16.5. The predicted octanol–water partition coefficient (Wildman–Crippen LogP) is 3.20. The molecule has 5 heteroatoms. The van der Waals surface area contributed by atoms with E-state index in [2.05, 4.69) is 4.98 Å². The first kappa shape index (κ1) is 15.6. The second kappa shape index (κ2) is 6.91. The van der Waals surface area contributed by atoms with Gasteiger partial charge in [0.05, 0.1) is 18.6 Å². The Labute approximate surface area is 145 Å². The van der Waals surface area contributed by atoms with E-state index in [1.165, 1.54) is 0 Å². The van der Waals surface area contributed by atoms with E-state index in [4.69, 9.17) is 9.15 Å². The van der Waals surface area contributed by atoms with E-state index in [1.807, 2.05) is 65.6 Å². The molecule has 0 atom stereocenters. The van der Waals surface area contributed by atoms with Crippen LogP contribution < -0.4 is 10.5 Å². The zero-order chi connectivity index (χ0) is 17.1. The summed E-state index contributed by atoms with van der Waals surface area (Å²) in [5.74, 6) is 0. The fraction of sp³-hybridized carbons (Fsp3) is 0.200. The van der Waals surface area contributed by atoms with Crippen LogP contribution in [0.4, 0.5) is 6.01 Å². The number of morpholine rings is 1. The standard InChI is InChI=1S/C20H18N2O3/c23-19-17-14-16(7-6-15-4-2-1-3-5-15)8-9-18(17)25-20(21-19)22-10-12-24-13-11-22/h1-9,14H,10-13H2/b7-6+. The Bertz CT molecular complexity index is 958. The van der Waals surface area contributed by atoms with Crippen LogP contribution in [0.3, 0.4) is 0 Å². The lowest BCUT2D eigenvalue weighted by Crippen LogP contribution is -2.37. The lowest BCUT2D eigenvalue weighted by molar-refractivity contribution is 0.120. The van der Waals surface area contributed by atoms with Gasteiger partial charge >= 0.3 is 6.01 Å². The molecular formula is C20H18N2O3.